The second-order valence-electron chi connectivity index (χ2n) is 5.47. The molecule has 3 N–H and O–H groups in total. The summed E-state index contributed by atoms with van der Waals surface area (Å²) in [5, 5.41) is 14.0. The number of phenolic OH excluding ortho intramolecular Hbond substituents is 1. The molecule has 5 heteroatoms. The van der Waals surface area contributed by atoms with E-state index in [1.165, 1.54) is 6.07 Å². The molecule has 128 valence electrons. The third kappa shape index (κ3) is 3.01. The monoisotopic (exact) mass is 338 g/mol. The largest absolute Gasteiger partial charge is 0.507 e. The summed E-state index contributed by atoms with van der Waals surface area (Å²) >= 11 is 0. The number of carbonyl (C=O) groups excluding carboxylic acids is 1. The van der Waals surface area contributed by atoms with Gasteiger partial charge in [-0.15, -0.1) is 0 Å². The third-order valence-corrected chi connectivity index (χ3v) is 4.02. The third-order valence-electron chi connectivity index (χ3n) is 4.02. The maximum atomic E-state index is 13.4. The van der Waals surface area contributed by atoms with E-state index >= 15 is 0 Å². The van der Waals surface area contributed by atoms with Crippen molar-refractivity contribution in [3.8, 4) is 5.75 Å². The number of aromatic hydroxyl groups is 1. The fraction of sp³-hybridized carbons (Fsp3) is 0.150. The summed E-state index contributed by atoms with van der Waals surface area (Å²) in [6.07, 6.45) is 1.79. The number of anilines is 1. The molecule has 2 heterocycles. The molecule has 0 unspecified atom stereocenters. The zero-order chi connectivity index (χ0) is 18.0. The molecule has 25 heavy (non-hydrogen) atoms. The van der Waals surface area contributed by atoms with Crippen molar-refractivity contribution in [2.24, 2.45) is 0 Å². The molecular weight excluding hydrogens is 319 g/mol. The number of phenols is 1. The van der Waals surface area contributed by atoms with Gasteiger partial charge in [-0.25, -0.2) is 4.39 Å². The van der Waals surface area contributed by atoms with Crippen LogP contribution in [-0.4, -0.2) is 22.4 Å². The number of halogens is 1. The van der Waals surface area contributed by atoms with Crippen molar-refractivity contribution in [3.63, 3.8) is 0 Å². The molecule has 0 bridgehead atoms. The Morgan fingerprint density at radius 1 is 1.16 bits per heavy atom. The summed E-state index contributed by atoms with van der Waals surface area (Å²) in [5.41, 5.74) is 2.32. The zero-order valence-corrected chi connectivity index (χ0v) is 14.1. The first kappa shape index (κ1) is 16.8. The van der Waals surface area contributed by atoms with Crippen LogP contribution in [0.15, 0.2) is 48.0 Å². The first-order chi connectivity index (χ1) is 12.1. The minimum absolute atomic E-state index is 0.0265. The lowest BCUT2D eigenvalue weighted by Gasteiger charge is -2.15. The number of fused-ring (bicyclic) bond motifs is 3. The summed E-state index contributed by atoms with van der Waals surface area (Å²) in [5.74, 6) is -0.304. The summed E-state index contributed by atoms with van der Waals surface area (Å²) in [6.45, 7) is 4.31. The molecule has 0 amide bonds. The Hall–Kier alpha value is -3.08. The lowest BCUT2D eigenvalue weighted by Crippen LogP contribution is -2.17. The highest BCUT2D eigenvalue weighted by atomic mass is 19.1. The number of Topliss-reactive ketones (excluding diaryl/α,β-unsaturated/α-hetero) is 1. The van der Waals surface area contributed by atoms with E-state index in [1.807, 2.05) is 38.1 Å². The van der Waals surface area contributed by atoms with Gasteiger partial charge in [0.05, 0.1) is 5.56 Å². The maximum Gasteiger partial charge on any atom is 0.194 e. The van der Waals surface area contributed by atoms with Gasteiger partial charge in [0, 0.05) is 28.6 Å². The number of hydrogen-bond donors (Lipinski definition) is 3. The Kier molecular flexibility index (Phi) is 4.57. The van der Waals surface area contributed by atoms with Gasteiger partial charge in [-0.3, -0.25) is 4.79 Å². The quantitative estimate of drug-likeness (QED) is 0.592. The van der Waals surface area contributed by atoms with Crippen molar-refractivity contribution in [1.82, 2.24) is 4.98 Å². The van der Waals surface area contributed by atoms with Crippen LogP contribution in [0.25, 0.3) is 17.0 Å². The first-order valence-electron chi connectivity index (χ1n) is 8.22. The van der Waals surface area contributed by atoms with Crippen LogP contribution in [0, 0.1) is 5.82 Å². The lowest BCUT2D eigenvalue weighted by molar-refractivity contribution is 0.103. The summed E-state index contributed by atoms with van der Waals surface area (Å²) in [6, 6.07) is 11.2. The average molecular weight is 338 g/mol. The normalized spacial score (nSPS) is 12.5. The van der Waals surface area contributed by atoms with Crippen LogP contribution in [0.4, 0.5) is 10.2 Å². The van der Waals surface area contributed by atoms with Gasteiger partial charge in [-0.05, 0) is 30.3 Å². The highest BCUT2D eigenvalue weighted by molar-refractivity contribution is 6.15. The molecule has 1 aliphatic rings. The van der Waals surface area contributed by atoms with Gasteiger partial charge in [0.15, 0.2) is 5.78 Å². The number of hydrogen-bond acceptors (Lipinski definition) is 3. The smallest absolute Gasteiger partial charge is 0.194 e. The molecule has 0 radical (unpaired) electrons. The zero-order valence-electron chi connectivity index (χ0n) is 14.1. The molecule has 2 aromatic carbocycles. The van der Waals surface area contributed by atoms with Crippen LogP contribution in [0.1, 0.15) is 29.8 Å². The predicted molar refractivity (Wildman–Crippen MR) is 98.5 cm³/mol. The number of H-pyrrole nitrogens is 1. The minimum Gasteiger partial charge on any atom is -0.507 e. The molecule has 0 fully saturated rings. The number of nitrogens with one attached hydrogen (secondary N) is 2. The number of carbonyl (C=O) groups is 1. The number of aromatic nitrogens is 1. The van der Waals surface area contributed by atoms with Gasteiger partial charge in [0.1, 0.15) is 17.4 Å². The fourth-order valence-corrected chi connectivity index (χ4v) is 2.87. The van der Waals surface area contributed by atoms with E-state index in [0.717, 1.165) is 34.4 Å². The van der Waals surface area contributed by atoms with Crippen molar-refractivity contribution in [2.45, 2.75) is 13.8 Å². The van der Waals surface area contributed by atoms with Crippen LogP contribution in [0.3, 0.4) is 0 Å². The molecule has 0 saturated heterocycles. The molecular formula is C20H19FN2O2. The first-order valence-corrected chi connectivity index (χ1v) is 8.22. The predicted octanol–water partition coefficient (Wildman–Crippen LogP) is 4.73. The highest BCUT2D eigenvalue weighted by Crippen LogP contribution is 2.32. The minimum atomic E-state index is -0.552. The van der Waals surface area contributed by atoms with E-state index in [1.54, 1.807) is 6.08 Å². The van der Waals surface area contributed by atoms with E-state index in [4.69, 9.17) is 0 Å². The Morgan fingerprint density at radius 2 is 1.92 bits per heavy atom. The van der Waals surface area contributed by atoms with Gasteiger partial charge in [0.2, 0.25) is 0 Å². The van der Waals surface area contributed by atoms with E-state index in [-0.39, 0.29) is 17.1 Å². The number of aromatic amines is 1. The van der Waals surface area contributed by atoms with Crippen LogP contribution >= 0.6 is 0 Å². The van der Waals surface area contributed by atoms with Gasteiger partial charge in [0.25, 0.3) is 0 Å². The van der Waals surface area contributed by atoms with Crippen LogP contribution in [-0.2, 0) is 0 Å². The molecule has 0 spiro atoms. The van der Waals surface area contributed by atoms with Crippen molar-refractivity contribution in [2.75, 3.05) is 11.9 Å². The maximum absolute atomic E-state index is 13.4. The molecule has 4 nitrogen and oxygen atoms in total. The van der Waals surface area contributed by atoms with Crippen LogP contribution in [0.2, 0.25) is 0 Å². The number of benzene rings is 2. The van der Waals surface area contributed by atoms with Crippen molar-refractivity contribution >= 4 is 28.6 Å². The highest BCUT2D eigenvalue weighted by Gasteiger charge is 2.22. The Bertz CT molecular complexity index is 973. The van der Waals surface area contributed by atoms with Gasteiger partial charge in [-0.1, -0.05) is 32.0 Å². The second-order valence-corrected chi connectivity index (χ2v) is 5.47. The topological polar surface area (TPSA) is 65.1 Å². The van der Waals surface area contributed by atoms with Gasteiger partial charge < -0.3 is 15.4 Å². The molecule has 0 aliphatic carbocycles. The molecule has 1 aromatic heterocycles. The number of ketones is 1. The Balaban J connectivity index is 0.000000880. The SMILES string of the molecule is CC.O=C(C1=Cc2c([nH]c3ccccc23)NC1)c1cc(F)ccc1O. The van der Waals surface area contributed by atoms with Gasteiger partial charge in [-0.2, -0.15) is 0 Å². The van der Waals surface area contributed by atoms with E-state index in [9.17, 15) is 14.3 Å². The standard InChI is InChI=1S/C18H13FN2O2.C2H6/c19-11-5-6-16(22)14(8-11)17(23)10-7-13-12-3-1-2-4-15(12)21-18(13)20-9-10;1-2/h1-8,20-22H,9H2;1-2H3. The number of rotatable bonds is 2. The average Bonchev–Trinajstić information content (AvgIpc) is 3.02. The van der Waals surface area contributed by atoms with E-state index < -0.39 is 5.82 Å². The summed E-state index contributed by atoms with van der Waals surface area (Å²) in [4.78, 5) is 15.9. The van der Waals surface area contributed by atoms with Crippen LogP contribution in [0.5, 0.6) is 5.75 Å². The molecule has 0 atom stereocenters. The Morgan fingerprint density at radius 3 is 2.72 bits per heavy atom. The molecule has 0 saturated carbocycles. The van der Waals surface area contributed by atoms with Crippen molar-refractivity contribution in [1.29, 1.82) is 0 Å². The fourth-order valence-electron chi connectivity index (χ4n) is 2.87. The summed E-state index contributed by atoms with van der Waals surface area (Å²) in [7, 11) is 0. The number of para-hydroxylation sites is 1. The van der Waals surface area contributed by atoms with Gasteiger partial charge >= 0.3 is 0 Å². The van der Waals surface area contributed by atoms with Crippen molar-refractivity contribution < 1.29 is 14.3 Å². The molecule has 4 rings (SSSR count). The Labute approximate surface area is 145 Å². The molecule has 3 aromatic rings. The van der Waals surface area contributed by atoms with Crippen molar-refractivity contribution in [3.05, 3.63) is 65.0 Å². The molecule has 1 aliphatic heterocycles. The summed E-state index contributed by atoms with van der Waals surface area (Å²) < 4.78 is 13.4. The van der Waals surface area contributed by atoms with Crippen LogP contribution < -0.4 is 5.32 Å². The van der Waals surface area contributed by atoms with E-state index in [0.29, 0.717) is 12.1 Å². The second kappa shape index (κ2) is 6.81. The lowest BCUT2D eigenvalue weighted by atomic mass is 9.97. The van der Waals surface area contributed by atoms with E-state index in [2.05, 4.69) is 10.3 Å².